The number of benzene rings is 3. The molecule has 3 aromatic carbocycles. The molecule has 3 aromatic rings. The molecule has 6 rings (SSSR count). The fraction of sp³-hybridized carbons (Fsp3) is 0.179. The number of Topliss-reactive ketones (excluding diaryl/α,β-unsaturated/α-hetero) is 3. The highest BCUT2D eigenvalue weighted by molar-refractivity contribution is 6.32. The first-order valence-electron chi connectivity index (χ1n) is 11.0. The van der Waals surface area contributed by atoms with Crippen LogP contribution in [-0.2, 0) is 4.79 Å². The fourth-order valence-corrected chi connectivity index (χ4v) is 6.24. The molecule has 162 valence electrons. The molecule has 3 atom stereocenters. The van der Waals surface area contributed by atoms with Crippen LogP contribution in [0.3, 0.4) is 0 Å². The number of anilines is 1. The van der Waals surface area contributed by atoms with E-state index in [-0.39, 0.29) is 17.3 Å². The molecule has 1 aliphatic carbocycles. The number of halogens is 1. The Morgan fingerprint density at radius 2 is 1.48 bits per heavy atom. The van der Waals surface area contributed by atoms with Gasteiger partial charge in [0, 0.05) is 27.8 Å². The maximum absolute atomic E-state index is 14.2. The summed E-state index contributed by atoms with van der Waals surface area (Å²) in [5.41, 5.74) is 2.00. The van der Waals surface area contributed by atoms with Gasteiger partial charge in [-0.1, -0.05) is 78.4 Å². The van der Waals surface area contributed by atoms with Crippen LogP contribution in [0.25, 0.3) is 6.08 Å². The summed E-state index contributed by atoms with van der Waals surface area (Å²) in [6, 6.07) is 20.7. The van der Waals surface area contributed by atoms with Gasteiger partial charge in [0.05, 0.1) is 12.1 Å². The number of nitrogens with zero attached hydrogens (tertiary/aromatic N) is 1. The molecule has 0 bridgehead atoms. The third-order valence-corrected chi connectivity index (χ3v) is 7.61. The minimum absolute atomic E-state index is 0.0847. The fourth-order valence-electron chi connectivity index (χ4n) is 6.11. The minimum atomic E-state index is -1.43. The van der Waals surface area contributed by atoms with E-state index in [1.54, 1.807) is 43.3 Å². The summed E-state index contributed by atoms with van der Waals surface area (Å²) in [6.07, 6.45) is 3.89. The molecule has 1 spiro atoms. The summed E-state index contributed by atoms with van der Waals surface area (Å²) in [5.74, 6) is -1.17. The van der Waals surface area contributed by atoms with Crippen LogP contribution in [0.1, 0.15) is 44.7 Å². The average Bonchev–Trinajstić information content (AvgIpc) is 3.27. The van der Waals surface area contributed by atoms with Gasteiger partial charge in [-0.05, 0) is 36.2 Å². The largest absolute Gasteiger partial charge is 0.352 e. The topological polar surface area (TPSA) is 54.5 Å². The van der Waals surface area contributed by atoms with E-state index in [1.807, 2.05) is 53.5 Å². The molecule has 33 heavy (non-hydrogen) atoms. The Hall–Kier alpha value is -3.50. The average molecular weight is 454 g/mol. The predicted octanol–water partition coefficient (Wildman–Crippen LogP) is 5.36. The normalized spacial score (nSPS) is 24.1. The van der Waals surface area contributed by atoms with Crippen LogP contribution < -0.4 is 4.90 Å². The first-order chi connectivity index (χ1) is 16.0. The van der Waals surface area contributed by atoms with Crippen molar-refractivity contribution in [3.8, 4) is 0 Å². The lowest BCUT2D eigenvalue weighted by atomic mass is 9.64. The first-order valence-corrected chi connectivity index (χ1v) is 11.3. The molecule has 0 amide bonds. The Morgan fingerprint density at radius 3 is 2.12 bits per heavy atom. The third kappa shape index (κ3) is 2.50. The first kappa shape index (κ1) is 20.1. The lowest BCUT2D eigenvalue weighted by molar-refractivity contribution is -0.118. The van der Waals surface area contributed by atoms with Gasteiger partial charge in [0.15, 0.2) is 17.3 Å². The van der Waals surface area contributed by atoms with Crippen molar-refractivity contribution in [1.82, 2.24) is 0 Å². The summed E-state index contributed by atoms with van der Waals surface area (Å²) < 4.78 is 0. The number of rotatable bonds is 2. The van der Waals surface area contributed by atoms with E-state index < -0.39 is 23.4 Å². The monoisotopic (exact) mass is 453 g/mol. The molecule has 5 heteroatoms. The molecule has 3 aliphatic rings. The number of ketones is 3. The Labute approximate surface area is 196 Å². The zero-order chi connectivity index (χ0) is 22.9. The zero-order valence-electron chi connectivity index (χ0n) is 17.9. The van der Waals surface area contributed by atoms with Gasteiger partial charge < -0.3 is 4.90 Å². The van der Waals surface area contributed by atoms with Gasteiger partial charge in [0.2, 0.25) is 0 Å². The van der Waals surface area contributed by atoms with Crippen LogP contribution in [0, 0.1) is 5.41 Å². The van der Waals surface area contributed by atoms with Gasteiger partial charge in [-0.25, -0.2) is 0 Å². The van der Waals surface area contributed by atoms with Crippen molar-refractivity contribution in [2.24, 2.45) is 5.41 Å². The van der Waals surface area contributed by atoms with Gasteiger partial charge in [-0.15, -0.1) is 0 Å². The maximum atomic E-state index is 14.2. The summed E-state index contributed by atoms with van der Waals surface area (Å²) >= 11 is 6.17. The van der Waals surface area contributed by atoms with E-state index in [0.717, 1.165) is 16.8 Å². The van der Waals surface area contributed by atoms with Crippen LogP contribution in [0.2, 0.25) is 5.02 Å². The van der Waals surface area contributed by atoms with Gasteiger partial charge in [0.25, 0.3) is 0 Å². The van der Waals surface area contributed by atoms with E-state index in [9.17, 15) is 14.4 Å². The Morgan fingerprint density at radius 1 is 0.879 bits per heavy atom. The van der Waals surface area contributed by atoms with Gasteiger partial charge in [-0.2, -0.15) is 0 Å². The van der Waals surface area contributed by atoms with E-state index in [4.69, 9.17) is 11.6 Å². The maximum Gasteiger partial charge on any atom is 0.180 e. The van der Waals surface area contributed by atoms with Gasteiger partial charge in [-0.3, -0.25) is 14.4 Å². The molecule has 3 unspecified atom stereocenters. The number of fused-ring (bicyclic) bond motifs is 5. The van der Waals surface area contributed by atoms with E-state index in [1.165, 1.54) is 0 Å². The second kappa shape index (κ2) is 7.00. The Kier molecular flexibility index (Phi) is 4.27. The molecule has 0 aromatic heterocycles. The van der Waals surface area contributed by atoms with Crippen LogP contribution in [0.4, 0.5) is 5.69 Å². The van der Waals surface area contributed by atoms with Crippen molar-refractivity contribution in [2.45, 2.75) is 24.9 Å². The number of hydrogen-bond acceptors (Lipinski definition) is 4. The van der Waals surface area contributed by atoms with E-state index in [0.29, 0.717) is 16.1 Å². The molecular weight excluding hydrogens is 434 g/mol. The summed E-state index contributed by atoms with van der Waals surface area (Å²) in [7, 11) is 0. The zero-order valence-corrected chi connectivity index (χ0v) is 18.6. The summed E-state index contributed by atoms with van der Waals surface area (Å²) in [6.45, 7) is 1.54. The highest BCUT2D eigenvalue weighted by Crippen LogP contribution is 2.60. The molecule has 0 N–H and O–H groups in total. The van der Waals surface area contributed by atoms with Crippen molar-refractivity contribution in [1.29, 1.82) is 0 Å². The minimum Gasteiger partial charge on any atom is -0.352 e. The lowest BCUT2D eigenvalue weighted by Crippen LogP contribution is -2.48. The Bertz CT molecular complexity index is 1340. The lowest BCUT2D eigenvalue weighted by Gasteiger charge is -2.37. The highest BCUT2D eigenvalue weighted by Gasteiger charge is 2.71. The summed E-state index contributed by atoms with van der Waals surface area (Å²) in [5, 5.41) is 0.556. The quantitative estimate of drug-likeness (QED) is 0.490. The number of hydrogen-bond donors (Lipinski definition) is 0. The van der Waals surface area contributed by atoms with E-state index >= 15 is 0 Å². The molecule has 0 saturated carbocycles. The van der Waals surface area contributed by atoms with Crippen molar-refractivity contribution in [3.63, 3.8) is 0 Å². The smallest absolute Gasteiger partial charge is 0.180 e. The van der Waals surface area contributed by atoms with Crippen LogP contribution in [0.5, 0.6) is 0 Å². The van der Waals surface area contributed by atoms with Crippen molar-refractivity contribution >= 4 is 40.7 Å². The molecule has 0 radical (unpaired) electrons. The summed E-state index contributed by atoms with van der Waals surface area (Å²) in [4.78, 5) is 43.7. The molecule has 2 aliphatic heterocycles. The van der Waals surface area contributed by atoms with Crippen molar-refractivity contribution in [2.75, 3.05) is 4.90 Å². The Balaban J connectivity index is 1.68. The van der Waals surface area contributed by atoms with Crippen molar-refractivity contribution in [3.05, 3.63) is 106 Å². The van der Waals surface area contributed by atoms with Crippen LogP contribution in [-0.4, -0.2) is 29.4 Å². The highest BCUT2D eigenvalue weighted by atomic mass is 35.5. The molecule has 1 fully saturated rings. The molecule has 2 heterocycles. The molecule has 4 nitrogen and oxygen atoms in total. The van der Waals surface area contributed by atoms with Gasteiger partial charge in [0.1, 0.15) is 5.41 Å². The number of para-hydroxylation sites is 1. The third-order valence-electron chi connectivity index (χ3n) is 7.36. The van der Waals surface area contributed by atoms with Crippen LogP contribution in [0.15, 0.2) is 78.9 Å². The molecule has 1 saturated heterocycles. The molecular formula is C28H20ClNO3. The van der Waals surface area contributed by atoms with Crippen LogP contribution >= 0.6 is 11.6 Å². The standard InChI is InChI=1S/C28H20ClNO3/c1-16(31)25-24(18-10-13-19(29)14-11-18)28(26(32)20-7-3-4-8-21(20)27(28)33)23-15-12-17-6-2-5-9-22(17)30(23)25/h2-15,23-25H,1H3. The SMILES string of the molecule is CC(=O)C1C(c2ccc(Cl)cc2)C2(C(=O)c3ccccc3C2=O)C2C=Cc3ccccc3N12. The van der Waals surface area contributed by atoms with Crippen molar-refractivity contribution < 1.29 is 14.4 Å². The second-order valence-corrected chi connectivity index (χ2v) is 9.36. The number of carbonyl (C=O) groups is 3. The predicted molar refractivity (Wildman–Crippen MR) is 128 cm³/mol. The van der Waals surface area contributed by atoms with E-state index in [2.05, 4.69) is 0 Å². The van der Waals surface area contributed by atoms with Gasteiger partial charge >= 0.3 is 0 Å². The second-order valence-electron chi connectivity index (χ2n) is 8.93. The number of carbonyl (C=O) groups excluding carboxylic acids is 3.